The first kappa shape index (κ1) is 12.0. The van der Waals surface area contributed by atoms with Gasteiger partial charge in [0.15, 0.2) is 5.82 Å². The van der Waals surface area contributed by atoms with Crippen LogP contribution in [0, 0.1) is 0 Å². The lowest BCUT2D eigenvalue weighted by atomic mass is 9.95. The SMILES string of the molecule is CN(C)C1(c2nnnn2C2CCCC2)CCNC1. The molecule has 1 aromatic rings. The molecule has 1 atom stereocenters. The Balaban J connectivity index is 1.97. The highest BCUT2D eigenvalue weighted by Gasteiger charge is 2.43. The van der Waals surface area contributed by atoms with Crippen molar-refractivity contribution in [3.05, 3.63) is 5.82 Å². The zero-order valence-electron chi connectivity index (χ0n) is 11.3. The van der Waals surface area contributed by atoms with Gasteiger partial charge in [0.2, 0.25) is 0 Å². The molecule has 1 saturated heterocycles. The highest BCUT2D eigenvalue weighted by Crippen LogP contribution is 2.36. The fourth-order valence-corrected chi connectivity index (χ4v) is 3.35. The first-order valence-electron chi connectivity index (χ1n) is 6.90. The molecule has 1 saturated carbocycles. The minimum atomic E-state index is -0.0356. The largest absolute Gasteiger partial charge is 0.314 e. The van der Waals surface area contributed by atoms with E-state index < -0.39 is 0 Å². The summed E-state index contributed by atoms with van der Waals surface area (Å²) in [5.41, 5.74) is -0.0356. The summed E-state index contributed by atoms with van der Waals surface area (Å²) in [6.45, 7) is 1.98. The van der Waals surface area contributed by atoms with Crippen molar-refractivity contribution in [1.82, 2.24) is 30.4 Å². The van der Waals surface area contributed by atoms with Gasteiger partial charge in [-0.3, -0.25) is 4.90 Å². The van der Waals surface area contributed by atoms with Crippen molar-refractivity contribution < 1.29 is 0 Å². The molecule has 1 aromatic heterocycles. The number of tetrazole rings is 1. The van der Waals surface area contributed by atoms with Crippen LogP contribution in [-0.4, -0.2) is 52.3 Å². The number of hydrogen-bond donors (Lipinski definition) is 1. The molecule has 1 aliphatic heterocycles. The molecular formula is C12H22N6. The van der Waals surface area contributed by atoms with Crippen molar-refractivity contribution in [3.8, 4) is 0 Å². The summed E-state index contributed by atoms with van der Waals surface area (Å²) in [4.78, 5) is 2.27. The molecule has 1 aliphatic carbocycles. The van der Waals surface area contributed by atoms with E-state index in [-0.39, 0.29) is 5.54 Å². The lowest BCUT2D eigenvalue weighted by molar-refractivity contribution is 0.151. The molecule has 0 radical (unpaired) electrons. The minimum Gasteiger partial charge on any atom is -0.314 e. The zero-order chi connectivity index (χ0) is 12.6. The molecule has 100 valence electrons. The van der Waals surface area contributed by atoms with Gasteiger partial charge in [-0.05, 0) is 50.3 Å². The van der Waals surface area contributed by atoms with Crippen LogP contribution in [0.1, 0.15) is 44.0 Å². The van der Waals surface area contributed by atoms with E-state index in [1.54, 1.807) is 0 Å². The number of likely N-dealkylation sites (N-methyl/N-ethyl adjacent to an activating group) is 1. The van der Waals surface area contributed by atoms with Crippen molar-refractivity contribution in [1.29, 1.82) is 0 Å². The van der Waals surface area contributed by atoms with Gasteiger partial charge >= 0.3 is 0 Å². The Labute approximate surface area is 108 Å². The molecule has 3 rings (SSSR count). The van der Waals surface area contributed by atoms with Gasteiger partial charge in [-0.1, -0.05) is 12.8 Å². The topological polar surface area (TPSA) is 58.9 Å². The predicted octanol–water partition coefficient (Wildman–Crippen LogP) is 0.538. The average molecular weight is 250 g/mol. The van der Waals surface area contributed by atoms with Crippen LogP contribution in [-0.2, 0) is 5.54 Å². The van der Waals surface area contributed by atoms with Gasteiger partial charge in [-0.2, -0.15) is 0 Å². The Morgan fingerprint density at radius 1 is 1.33 bits per heavy atom. The number of hydrogen-bond acceptors (Lipinski definition) is 5. The lowest BCUT2D eigenvalue weighted by Gasteiger charge is -2.34. The summed E-state index contributed by atoms with van der Waals surface area (Å²) in [7, 11) is 4.25. The molecule has 0 amide bonds. The van der Waals surface area contributed by atoms with Gasteiger partial charge < -0.3 is 5.32 Å². The summed E-state index contributed by atoms with van der Waals surface area (Å²) in [5, 5.41) is 16.0. The number of nitrogens with zero attached hydrogens (tertiary/aromatic N) is 5. The van der Waals surface area contributed by atoms with Crippen LogP contribution in [0.15, 0.2) is 0 Å². The van der Waals surface area contributed by atoms with Crippen LogP contribution in [0.25, 0.3) is 0 Å². The van der Waals surface area contributed by atoms with E-state index in [0.29, 0.717) is 6.04 Å². The number of rotatable bonds is 3. The first-order valence-corrected chi connectivity index (χ1v) is 6.90. The van der Waals surface area contributed by atoms with Crippen molar-refractivity contribution in [2.24, 2.45) is 0 Å². The van der Waals surface area contributed by atoms with Gasteiger partial charge in [0.25, 0.3) is 0 Å². The quantitative estimate of drug-likeness (QED) is 0.848. The maximum atomic E-state index is 4.36. The second-order valence-electron chi connectivity index (χ2n) is 5.74. The van der Waals surface area contributed by atoms with Crippen molar-refractivity contribution in [2.75, 3.05) is 27.2 Å². The van der Waals surface area contributed by atoms with Gasteiger partial charge in [0, 0.05) is 6.54 Å². The molecule has 6 nitrogen and oxygen atoms in total. The molecule has 1 unspecified atom stereocenters. The van der Waals surface area contributed by atoms with E-state index >= 15 is 0 Å². The standard InChI is InChI=1S/C12H22N6/c1-17(2)12(7-8-13-9-12)11-14-15-16-18(11)10-5-3-4-6-10/h10,13H,3-9H2,1-2H3. The Kier molecular flexibility index (Phi) is 3.07. The summed E-state index contributed by atoms with van der Waals surface area (Å²) in [6.07, 6.45) is 6.12. The molecule has 0 bridgehead atoms. The first-order chi connectivity index (χ1) is 8.74. The van der Waals surface area contributed by atoms with E-state index in [4.69, 9.17) is 0 Å². The van der Waals surface area contributed by atoms with E-state index in [2.05, 4.69) is 44.5 Å². The molecule has 2 fully saturated rings. The van der Waals surface area contributed by atoms with Gasteiger partial charge in [-0.15, -0.1) is 5.10 Å². The highest BCUT2D eigenvalue weighted by atomic mass is 15.6. The molecule has 1 N–H and O–H groups in total. The fourth-order valence-electron chi connectivity index (χ4n) is 3.35. The van der Waals surface area contributed by atoms with Crippen molar-refractivity contribution in [2.45, 2.75) is 43.7 Å². The van der Waals surface area contributed by atoms with E-state index in [0.717, 1.165) is 25.3 Å². The molecule has 18 heavy (non-hydrogen) atoms. The van der Waals surface area contributed by atoms with Crippen LogP contribution in [0.4, 0.5) is 0 Å². The van der Waals surface area contributed by atoms with E-state index in [1.165, 1.54) is 25.7 Å². The summed E-state index contributed by atoms with van der Waals surface area (Å²) >= 11 is 0. The summed E-state index contributed by atoms with van der Waals surface area (Å²) < 4.78 is 2.10. The molecule has 2 heterocycles. The predicted molar refractivity (Wildman–Crippen MR) is 68.2 cm³/mol. The number of aromatic nitrogens is 4. The normalized spacial score (nSPS) is 29.5. The Morgan fingerprint density at radius 3 is 2.72 bits per heavy atom. The molecule has 0 aromatic carbocycles. The van der Waals surface area contributed by atoms with Crippen LogP contribution in [0.3, 0.4) is 0 Å². The Bertz CT molecular complexity index is 400. The fraction of sp³-hybridized carbons (Fsp3) is 0.917. The average Bonchev–Trinajstić information content (AvgIpc) is 3.11. The molecular weight excluding hydrogens is 228 g/mol. The third-order valence-corrected chi connectivity index (χ3v) is 4.57. The second kappa shape index (κ2) is 4.59. The third-order valence-electron chi connectivity index (χ3n) is 4.57. The van der Waals surface area contributed by atoms with Crippen molar-refractivity contribution >= 4 is 0 Å². The second-order valence-corrected chi connectivity index (χ2v) is 5.74. The van der Waals surface area contributed by atoms with Crippen LogP contribution in [0.2, 0.25) is 0 Å². The smallest absolute Gasteiger partial charge is 0.173 e. The maximum absolute atomic E-state index is 4.36. The molecule has 6 heteroatoms. The van der Waals surface area contributed by atoms with Gasteiger partial charge in [-0.25, -0.2) is 4.68 Å². The molecule has 2 aliphatic rings. The van der Waals surface area contributed by atoms with Crippen LogP contribution in [0.5, 0.6) is 0 Å². The maximum Gasteiger partial charge on any atom is 0.173 e. The van der Waals surface area contributed by atoms with Crippen molar-refractivity contribution in [3.63, 3.8) is 0 Å². The Morgan fingerprint density at radius 2 is 2.11 bits per heavy atom. The van der Waals surface area contributed by atoms with E-state index in [1.807, 2.05) is 0 Å². The monoisotopic (exact) mass is 250 g/mol. The zero-order valence-corrected chi connectivity index (χ0v) is 11.3. The van der Waals surface area contributed by atoms with Crippen LogP contribution >= 0.6 is 0 Å². The highest BCUT2D eigenvalue weighted by molar-refractivity contribution is 5.10. The summed E-state index contributed by atoms with van der Waals surface area (Å²) in [6, 6.07) is 0.507. The van der Waals surface area contributed by atoms with Gasteiger partial charge in [0.05, 0.1) is 11.6 Å². The van der Waals surface area contributed by atoms with Crippen LogP contribution < -0.4 is 5.32 Å². The minimum absolute atomic E-state index is 0.0356. The van der Waals surface area contributed by atoms with E-state index in [9.17, 15) is 0 Å². The summed E-state index contributed by atoms with van der Waals surface area (Å²) in [5.74, 6) is 1.05. The molecule has 0 spiro atoms. The Hall–Kier alpha value is -1.01. The van der Waals surface area contributed by atoms with Gasteiger partial charge in [0.1, 0.15) is 0 Å². The third kappa shape index (κ3) is 1.75. The number of nitrogens with one attached hydrogen (secondary N) is 1. The lowest BCUT2D eigenvalue weighted by Crippen LogP contribution is -2.45.